The third-order valence-electron chi connectivity index (χ3n) is 5.39. The Labute approximate surface area is 198 Å². The van der Waals surface area contributed by atoms with Gasteiger partial charge in [0.2, 0.25) is 11.8 Å². The summed E-state index contributed by atoms with van der Waals surface area (Å²) in [7, 11) is 0. The number of hydrogen-bond acceptors (Lipinski definition) is 5. The van der Waals surface area contributed by atoms with Crippen LogP contribution in [0.25, 0.3) is 10.9 Å². The van der Waals surface area contributed by atoms with Gasteiger partial charge in [0.25, 0.3) is 0 Å². The highest BCUT2D eigenvalue weighted by atomic mass is 16.4. The smallest absolute Gasteiger partial charge is 0.326 e. The average Bonchev–Trinajstić information content (AvgIpc) is 3.17. The molecule has 2 rings (SSSR count). The number of carbonyl (C=O) groups is 3. The molecule has 1 heterocycles. The number of carbonyl (C=O) groups excluding carboxylic acids is 2. The number of amides is 2. The number of aliphatic carboxylic acids is 1. The predicted octanol–water partition coefficient (Wildman–Crippen LogP) is 0.401. The zero-order valence-electron chi connectivity index (χ0n) is 19.6. The second kappa shape index (κ2) is 12.6. The highest BCUT2D eigenvalue weighted by molar-refractivity contribution is 5.92. The quantitative estimate of drug-likeness (QED) is 0.117. The van der Waals surface area contributed by atoms with Crippen molar-refractivity contribution in [3.05, 3.63) is 36.0 Å². The first-order valence-electron chi connectivity index (χ1n) is 11.3. The van der Waals surface area contributed by atoms with Crippen molar-refractivity contribution >= 4 is 34.6 Å². The van der Waals surface area contributed by atoms with E-state index in [0.29, 0.717) is 19.4 Å². The van der Waals surface area contributed by atoms with Crippen LogP contribution in [0.3, 0.4) is 0 Å². The van der Waals surface area contributed by atoms with Crippen molar-refractivity contribution in [2.24, 2.45) is 17.4 Å². The molecule has 1 aromatic heterocycles. The van der Waals surface area contributed by atoms with E-state index in [1.807, 2.05) is 38.1 Å². The van der Waals surface area contributed by atoms with Crippen LogP contribution in [0.1, 0.15) is 38.7 Å². The number of benzene rings is 1. The topological polar surface area (TPSA) is 199 Å². The summed E-state index contributed by atoms with van der Waals surface area (Å²) in [5.74, 6) is -2.27. The number of aromatic nitrogens is 1. The summed E-state index contributed by atoms with van der Waals surface area (Å²) in [6, 6.07) is 4.53. The number of nitrogens with one attached hydrogen (secondary N) is 5. The van der Waals surface area contributed by atoms with Gasteiger partial charge in [-0.15, -0.1) is 0 Å². The number of carboxylic acid groups (broad SMARTS) is 1. The fourth-order valence-corrected chi connectivity index (χ4v) is 3.68. The van der Waals surface area contributed by atoms with E-state index in [1.54, 1.807) is 6.20 Å². The summed E-state index contributed by atoms with van der Waals surface area (Å²) in [4.78, 5) is 40.6. The van der Waals surface area contributed by atoms with E-state index in [-0.39, 0.29) is 24.7 Å². The van der Waals surface area contributed by atoms with Gasteiger partial charge in [-0.2, -0.15) is 0 Å². The van der Waals surface area contributed by atoms with Crippen molar-refractivity contribution in [1.29, 1.82) is 5.41 Å². The SMILES string of the molecule is CC(C)C[C@H](N)C(=O)N[C@@H](CCCNC(=N)N)C(=O)N[C@@H](Cc1c[nH]c2ccccc12)C(=O)O. The molecule has 11 heteroatoms. The maximum Gasteiger partial charge on any atom is 0.326 e. The van der Waals surface area contributed by atoms with E-state index in [1.165, 1.54) is 0 Å². The second-order valence-corrected chi connectivity index (χ2v) is 8.74. The van der Waals surface area contributed by atoms with Gasteiger partial charge in [-0.1, -0.05) is 32.0 Å². The lowest BCUT2D eigenvalue weighted by atomic mass is 10.0. The third kappa shape index (κ3) is 8.07. The van der Waals surface area contributed by atoms with E-state index in [2.05, 4.69) is 20.9 Å². The van der Waals surface area contributed by atoms with Crippen LogP contribution in [-0.2, 0) is 20.8 Å². The molecule has 0 radical (unpaired) electrons. The van der Waals surface area contributed by atoms with Gasteiger partial charge in [0, 0.05) is 30.1 Å². The van der Waals surface area contributed by atoms with E-state index < -0.39 is 35.9 Å². The Hall–Kier alpha value is -3.60. The molecule has 0 fully saturated rings. The molecule has 0 unspecified atom stereocenters. The molecule has 1 aromatic carbocycles. The van der Waals surface area contributed by atoms with E-state index in [4.69, 9.17) is 16.9 Å². The monoisotopic (exact) mass is 473 g/mol. The molecule has 2 aromatic rings. The molecular weight excluding hydrogens is 438 g/mol. The average molecular weight is 474 g/mol. The van der Waals surface area contributed by atoms with E-state index >= 15 is 0 Å². The van der Waals surface area contributed by atoms with Gasteiger partial charge in [-0.25, -0.2) is 4.79 Å². The Morgan fingerprint density at radius 1 is 1.12 bits per heavy atom. The maximum absolute atomic E-state index is 13.0. The first kappa shape index (κ1) is 26.7. The molecule has 34 heavy (non-hydrogen) atoms. The lowest BCUT2D eigenvalue weighted by Gasteiger charge is -2.23. The number of hydrogen-bond donors (Lipinski definition) is 8. The van der Waals surface area contributed by atoms with Crippen molar-refractivity contribution in [1.82, 2.24) is 20.9 Å². The zero-order valence-corrected chi connectivity index (χ0v) is 19.6. The van der Waals surface area contributed by atoms with Crippen LogP contribution in [0.2, 0.25) is 0 Å². The minimum Gasteiger partial charge on any atom is -0.480 e. The largest absolute Gasteiger partial charge is 0.480 e. The number of aromatic amines is 1. The number of H-pyrrole nitrogens is 1. The molecule has 186 valence electrons. The maximum atomic E-state index is 13.0. The normalized spacial score (nSPS) is 13.8. The van der Waals surface area contributed by atoms with Gasteiger partial charge in [-0.3, -0.25) is 15.0 Å². The predicted molar refractivity (Wildman–Crippen MR) is 130 cm³/mol. The summed E-state index contributed by atoms with van der Waals surface area (Å²) < 4.78 is 0. The molecule has 0 spiro atoms. The van der Waals surface area contributed by atoms with Crippen LogP contribution < -0.4 is 27.4 Å². The highest BCUT2D eigenvalue weighted by Crippen LogP contribution is 2.19. The minimum atomic E-state index is -1.19. The van der Waals surface area contributed by atoms with Gasteiger partial charge >= 0.3 is 5.97 Å². The summed E-state index contributed by atoms with van der Waals surface area (Å²) in [6.07, 6.45) is 2.88. The Bertz CT molecular complexity index is 1000. The Morgan fingerprint density at radius 3 is 2.44 bits per heavy atom. The molecule has 0 saturated heterocycles. The molecule has 2 amide bonds. The number of nitrogens with two attached hydrogens (primary N) is 2. The molecule has 0 saturated carbocycles. The van der Waals surface area contributed by atoms with Crippen molar-refractivity contribution in [2.45, 2.75) is 57.7 Å². The fourth-order valence-electron chi connectivity index (χ4n) is 3.68. The van der Waals surface area contributed by atoms with Gasteiger partial charge < -0.3 is 37.5 Å². The number of guanidine groups is 1. The van der Waals surface area contributed by atoms with Crippen molar-refractivity contribution < 1.29 is 19.5 Å². The standard InChI is InChI=1S/C23H35N7O4/c1-13(2)10-16(24)20(31)29-18(8-5-9-27-23(25)26)21(32)30-19(22(33)34)11-14-12-28-17-7-4-3-6-15(14)17/h3-4,6-7,12-13,16,18-19,28H,5,8-11,24H2,1-2H3,(H,29,31)(H,30,32)(H,33,34)(H4,25,26,27)/t16-,18-,19-/m0/s1. The van der Waals surface area contributed by atoms with Crippen molar-refractivity contribution in [2.75, 3.05) is 6.54 Å². The summed E-state index contributed by atoms with van der Waals surface area (Å²) in [6.45, 7) is 4.20. The van der Waals surface area contributed by atoms with Gasteiger partial charge in [0.15, 0.2) is 5.96 Å². The molecule has 0 aliphatic carbocycles. The molecule has 0 bridgehead atoms. The molecule has 0 aliphatic heterocycles. The fraction of sp³-hybridized carbons (Fsp3) is 0.478. The molecule has 11 nitrogen and oxygen atoms in total. The van der Waals surface area contributed by atoms with Crippen LogP contribution in [0, 0.1) is 11.3 Å². The second-order valence-electron chi connectivity index (χ2n) is 8.74. The molecular formula is C23H35N7O4. The number of para-hydroxylation sites is 1. The Kier molecular flexibility index (Phi) is 9.87. The zero-order chi connectivity index (χ0) is 25.3. The van der Waals surface area contributed by atoms with Crippen molar-refractivity contribution in [3.63, 3.8) is 0 Å². The van der Waals surface area contributed by atoms with Crippen LogP contribution in [0.4, 0.5) is 0 Å². The van der Waals surface area contributed by atoms with Gasteiger partial charge in [-0.05, 0) is 36.8 Å². The number of carboxylic acids is 1. The summed E-state index contributed by atoms with van der Waals surface area (Å²) in [5, 5.41) is 25.7. The molecule has 10 N–H and O–H groups in total. The first-order valence-corrected chi connectivity index (χ1v) is 11.3. The van der Waals surface area contributed by atoms with E-state index in [0.717, 1.165) is 16.5 Å². The first-order chi connectivity index (χ1) is 16.1. The van der Waals surface area contributed by atoms with Crippen LogP contribution in [-0.4, -0.2) is 58.5 Å². The number of rotatable bonds is 13. The highest BCUT2D eigenvalue weighted by Gasteiger charge is 2.28. The lowest BCUT2D eigenvalue weighted by Crippen LogP contribution is -2.55. The van der Waals surface area contributed by atoms with Crippen molar-refractivity contribution in [3.8, 4) is 0 Å². The summed E-state index contributed by atoms with van der Waals surface area (Å²) in [5.41, 5.74) is 12.9. The Balaban J connectivity index is 2.11. The van der Waals surface area contributed by atoms with Crippen LogP contribution in [0.5, 0.6) is 0 Å². The molecule has 3 atom stereocenters. The molecule has 0 aliphatic rings. The number of fused-ring (bicyclic) bond motifs is 1. The van der Waals surface area contributed by atoms with Gasteiger partial charge in [0.1, 0.15) is 12.1 Å². The Morgan fingerprint density at radius 2 is 1.79 bits per heavy atom. The lowest BCUT2D eigenvalue weighted by molar-refractivity contribution is -0.142. The van der Waals surface area contributed by atoms with E-state index in [9.17, 15) is 19.5 Å². The summed E-state index contributed by atoms with van der Waals surface area (Å²) >= 11 is 0. The third-order valence-corrected chi connectivity index (χ3v) is 5.39. The van der Waals surface area contributed by atoms with Crippen LogP contribution in [0.15, 0.2) is 30.5 Å². The van der Waals surface area contributed by atoms with Gasteiger partial charge in [0.05, 0.1) is 6.04 Å². The minimum absolute atomic E-state index is 0.0739. The van der Waals surface area contributed by atoms with Crippen LogP contribution >= 0.6 is 0 Å².